The molecule has 6 heteroatoms. The zero-order chi connectivity index (χ0) is 13.8. The van der Waals surface area contributed by atoms with Gasteiger partial charge in [-0.1, -0.05) is 0 Å². The first-order chi connectivity index (χ1) is 8.26. The fourth-order valence-corrected chi connectivity index (χ4v) is 1.98. The summed E-state index contributed by atoms with van der Waals surface area (Å²) in [6.45, 7) is 7.39. The number of likely N-dealkylation sites (tertiary alicyclic amines) is 1. The molecule has 1 aliphatic rings. The van der Waals surface area contributed by atoms with Crippen molar-refractivity contribution in [2.24, 2.45) is 5.73 Å². The van der Waals surface area contributed by atoms with Crippen LogP contribution < -0.4 is 16.4 Å². The van der Waals surface area contributed by atoms with Crippen molar-refractivity contribution in [1.82, 2.24) is 15.5 Å². The maximum atomic E-state index is 11.7. The zero-order valence-electron chi connectivity index (χ0n) is 11.5. The fourth-order valence-electron chi connectivity index (χ4n) is 1.98. The molecule has 0 bridgehead atoms. The molecule has 0 aromatic rings. The number of nitrogens with one attached hydrogen (secondary N) is 2. The van der Waals surface area contributed by atoms with E-state index in [1.807, 2.05) is 25.7 Å². The standard InChI is InChI=1S/C12H24N4O2/c1-12(2,3)15-11(18)14-10(17)8-16-6-4-5-9(13)7-16/h9H,4-8,13H2,1-3H3,(H2,14,15,17,18)/t9-/m1/s1. The first-order valence-corrected chi connectivity index (χ1v) is 6.36. The van der Waals surface area contributed by atoms with Gasteiger partial charge in [-0.15, -0.1) is 0 Å². The van der Waals surface area contributed by atoms with Crippen LogP contribution in [0.25, 0.3) is 0 Å². The molecular formula is C12H24N4O2. The van der Waals surface area contributed by atoms with E-state index in [9.17, 15) is 9.59 Å². The topological polar surface area (TPSA) is 87.5 Å². The summed E-state index contributed by atoms with van der Waals surface area (Å²) in [7, 11) is 0. The van der Waals surface area contributed by atoms with Gasteiger partial charge in [0.05, 0.1) is 6.54 Å². The molecule has 1 saturated heterocycles. The normalized spacial score (nSPS) is 21.4. The van der Waals surface area contributed by atoms with Crippen LogP contribution >= 0.6 is 0 Å². The molecular weight excluding hydrogens is 232 g/mol. The number of carbonyl (C=O) groups is 2. The molecule has 0 aromatic heterocycles. The van der Waals surface area contributed by atoms with Crippen LogP contribution in [-0.2, 0) is 4.79 Å². The molecule has 6 nitrogen and oxygen atoms in total. The molecule has 1 atom stereocenters. The van der Waals surface area contributed by atoms with Crippen LogP contribution in [0.15, 0.2) is 0 Å². The number of urea groups is 1. The number of nitrogens with two attached hydrogens (primary N) is 1. The van der Waals surface area contributed by atoms with Crippen LogP contribution in [0.4, 0.5) is 4.79 Å². The third kappa shape index (κ3) is 5.97. The van der Waals surface area contributed by atoms with Crippen molar-refractivity contribution in [2.75, 3.05) is 19.6 Å². The molecule has 0 radical (unpaired) electrons. The Morgan fingerprint density at radius 1 is 1.39 bits per heavy atom. The van der Waals surface area contributed by atoms with Crippen molar-refractivity contribution in [3.8, 4) is 0 Å². The minimum atomic E-state index is -0.450. The molecule has 18 heavy (non-hydrogen) atoms. The lowest BCUT2D eigenvalue weighted by molar-refractivity contribution is -0.121. The quantitative estimate of drug-likeness (QED) is 0.650. The Hall–Kier alpha value is -1.14. The van der Waals surface area contributed by atoms with Gasteiger partial charge < -0.3 is 11.1 Å². The average Bonchev–Trinajstić information content (AvgIpc) is 2.13. The third-order valence-electron chi connectivity index (χ3n) is 2.65. The number of carbonyl (C=O) groups excluding carboxylic acids is 2. The first-order valence-electron chi connectivity index (χ1n) is 6.36. The van der Waals surface area contributed by atoms with Gasteiger partial charge >= 0.3 is 6.03 Å². The van der Waals surface area contributed by atoms with E-state index in [-0.39, 0.29) is 24.0 Å². The second kappa shape index (κ2) is 6.15. The molecule has 1 aliphatic heterocycles. The third-order valence-corrected chi connectivity index (χ3v) is 2.65. The summed E-state index contributed by atoms with van der Waals surface area (Å²) in [6, 6.07) is -0.316. The number of piperidine rings is 1. The predicted molar refractivity (Wildman–Crippen MR) is 70.1 cm³/mol. The summed E-state index contributed by atoms with van der Waals surface area (Å²) in [6.07, 6.45) is 2.01. The van der Waals surface area contributed by atoms with Crippen LogP contribution in [0.1, 0.15) is 33.6 Å². The minimum absolute atomic E-state index is 0.134. The van der Waals surface area contributed by atoms with E-state index in [0.29, 0.717) is 6.54 Å². The lowest BCUT2D eigenvalue weighted by Crippen LogP contribution is -2.52. The second-order valence-electron chi connectivity index (χ2n) is 5.89. The highest BCUT2D eigenvalue weighted by molar-refractivity contribution is 5.95. The van der Waals surface area contributed by atoms with Gasteiger partial charge in [0.25, 0.3) is 0 Å². The summed E-state index contributed by atoms with van der Waals surface area (Å²) in [5.41, 5.74) is 5.48. The number of hydrogen-bond donors (Lipinski definition) is 3. The largest absolute Gasteiger partial charge is 0.333 e. The smallest absolute Gasteiger partial charge is 0.321 e. The number of imide groups is 1. The Kier molecular flexibility index (Phi) is 5.10. The molecule has 0 saturated carbocycles. The molecule has 3 amide bonds. The Balaban J connectivity index is 2.30. The highest BCUT2D eigenvalue weighted by Gasteiger charge is 2.20. The predicted octanol–water partition coefficient (Wildman–Crippen LogP) is 0.0338. The highest BCUT2D eigenvalue weighted by Crippen LogP contribution is 2.07. The number of rotatable bonds is 2. The highest BCUT2D eigenvalue weighted by atomic mass is 16.2. The van der Waals surface area contributed by atoms with Crippen molar-refractivity contribution in [2.45, 2.75) is 45.2 Å². The second-order valence-corrected chi connectivity index (χ2v) is 5.89. The van der Waals surface area contributed by atoms with Crippen molar-refractivity contribution in [3.63, 3.8) is 0 Å². The SMILES string of the molecule is CC(C)(C)NC(=O)NC(=O)CN1CCC[C@@H](N)C1. The van der Waals surface area contributed by atoms with Gasteiger partial charge in [-0.3, -0.25) is 15.0 Å². The first kappa shape index (κ1) is 14.9. The zero-order valence-corrected chi connectivity index (χ0v) is 11.5. The van der Waals surface area contributed by atoms with Gasteiger partial charge in [-0.2, -0.15) is 0 Å². The van der Waals surface area contributed by atoms with Gasteiger partial charge in [-0.05, 0) is 40.2 Å². The Morgan fingerprint density at radius 3 is 2.61 bits per heavy atom. The van der Waals surface area contributed by atoms with E-state index >= 15 is 0 Å². The number of amides is 3. The fraction of sp³-hybridized carbons (Fsp3) is 0.833. The van der Waals surface area contributed by atoms with E-state index in [2.05, 4.69) is 10.6 Å². The maximum Gasteiger partial charge on any atom is 0.321 e. The molecule has 0 aliphatic carbocycles. The van der Waals surface area contributed by atoms with Crippen molar-refractivity contribution in [1.29, 1.82) is 0 Å². The van der Waals surface area contributed by atoms with Crippen molar-refractivity contribution < 1.29 is 9.59 Å². The summed E-state index contributed by atoms with van der Waals surface area (Å²) in [5.74, 6) is -0.286. The van der Waals surface area contributed by atoms with E-state index in [4.69, 9.17) is 5.73 Å². The molecule has 4 N–H and O–H groups in total. The Morgan fingerprint density at radius 2 is 2.06 bits per heavy atom. The van der Waals surface area contributed by atoms with Gasteiger partial charge in [-0.25, -0.2) is 4.79 Å². The molecule has 1 heterocycles. The van der Waals surface area contributed by atoms with Crippen molar-refractivity contribution >= 4 is 11.9 Å². The molecule has 0 spiro atoms. The molecule has 0 aromatic carbocycles. The van der Waals surface area contributed by atoms with Crippen molar-refractivity contribution in [3.05, 3.63) is 0 Å². The molecule has 1 fully saturated rings. The van der Waals surface area contributed by atoms with Crippen LogP contribution in [0.3, 0.4) is 0 Å². The summed E-state index contributed by atoms with van der Waals surface area (Å²) >= 11 is 0. The maximum absolute atomic E-state index is 11.7. The lowest BCUT2D eigenvalue weighted by Gasteiger charge is -2.30. The van der Waals surface area contributed by atoms with Crippen LogP contribution in [0, 0.1) is 0 Å². The summed E-state index contributed by atoms with van der Waals surface area (Å²) in [4.78, 5) is 25.1. The van der Waals surface area contributed by atoms with E-state index in [1.165, 1.54) is 0 Å². The van der Waals surface area contributed by atoms with E-state index in [0.717, 1.165) is 19.4 Å². The van der Waals surface area contributed by atoms with Gasteiger partial charge in [0.2, 0.25) is 5.91 Å². The van der Waals surface area contributed by atoms with Crippen LogP contribution in [-0.4, -0.2) is 48.1 Å². The van der Waals surface area contributed by atoms with Crippen LogP contribution in [0.5, 0.6) is 0 Å². The molecule has 1 rings (SSSR count). The minimum Gasteiger partial charge on any atom is -0.333 e. The Bertz CT molecular complexity index is 312. The van der Waals surface area contributed by atoms with E-state index in [1.54, 1.807) is 0 Å². The monoisotopic (exact) mass is 256 g/mol. The molecule has 104 valence electrons. The Labute approximate surface area is 108 Å². The van der Waals surface area contributed by atoms with E-state index < -0.39 is 6.03 Å². The summed E-state index contributed by atoms with van der Waals surface area (Å²) < 4.78 is 0. The van der Waals surface area contributed by atoms with Crippen LogP contribution in [0.2, 0.25) is 0 Å². The number of hydrogen-bond acceptors (Lipinski definition) is 4. The number of nitrogens with zero attached hydrogens (tertiary/aromatic N) is 1. The van der Waals surface area contributed by atoms with Gasteiger partial charge in [0.1, 0.15) is 0 Å². The molecule has 0 unspecified atom stereocenters. The summed E-state index contributed by atoms with van der Waals surface area (Å²) in [5, 5.41) is 5.01. The average molecular weight is 256 g/mol. The van der Waals surface area contributed by atoms with Gasteiger partial charge in [0.15, 0.2) is 0 Å². The van der Waals surface area contributed by atoms with Gasteiger partial charge in [0, 0.05) is 18.1 Å². The lowest BCUT2D eigenvalue weighted by atomic mass is 10.1.